The Morgan fingerprint density at radius 2 is 1.62 bits per heavy atom. The van der Waals surface area contributed by atoms with Crippen LogP contribution in [0.3, 0.4) is 0 Å². The highest BCUT2D eigenvalue weighted by Gasteiger charge is 2.17. The lowest BCUT2D eigenvalue weighted by Crippen LogP contribution is -2.13. The summed E-state index contributed by atoms with van der Waals surface area (Å²) >= 11 is 0. The van der Waals surface area contributed by atoms with Gasteiger partial charge in [-0.3, -0.25) is 9.59 Å². The second-order valence-corrected chi connectivity index (χ2v) is 7.02. The van der Waals surface area contributed by atoms with Gasteiger partial charge >= 0.3 is 0 Å². The Hall–Kier alpha value is -4.39. The molecule has 0 radical (unpaired) electrons. The quantitative estimate of drug-likeness (QED) is 0.440. The molecular formula is C25H21N3O4. The molecule has 0 atom stereocenters. The number of oxazole rings is 1. The van der Waals surface area contributed by atoms with Gasteiger partial charge < -0.3 is 19.8 Å². The van der Waals surface area contributed by atoms with Crippen LogP contribution in [0, 0.1) is 0 Å². The van der Waals surface area contributed by atoms with E-state index < -0.39 is 0 Å². The molecule has 4 aromatic rings. The lowest BCUT2D eigenvalue weighted by molar-refractivity contribution is -0.114. The number of hydrogen-bond acceptors (Lipinski definition) is 5. The number of nitrogens with zero attached hydrogens (tertiary/aromatic N) is 1. The number of hydrogen-bond donors (Lipinski definition) is 2. The zero-order valence-electron chi connectivity index (χ0n) is 17.6. The van der Waals surface area contributed by atoms with E-state index in [1.54, 1.807) is 55.8 Å². The van der Waals surface area contributed by atoms with Crippen LogP contribution in [0.5, 0.6) is 5.75 Å². The van der Waals surface area contributed by atoms with Gasteiger partial charge in [-0.2, -0.15) is 0 Å². The number of aromatic nitrogens is 1. The van der Waals surface area contributed by atoms with E-state index >= 15 is 0 Å². The van der Waals surface area contributed by atoms with Gasteiger partial charge in [-0.25, -0.2) is 4.98 Å². The number of nitrogens with one attached hydrogen (secondary N) is 2. The summed E-state index contributed by atoms with van der Waals surface area (Å²) in [6.07, 6.45) is 1.62. The van der Waals surface area contributed by atoms with E-state index in [0.717, 1.165) is 5.56 Å². The number of carbonyl (C=O) groups is 2. The molecule has 0 aliphatic rings. The Labute approximate surface area is 185 Å². The van der Waals surface area contributed by atoms with E-state index in [-0.39, 0.29) is 11.8 Å². The van der Waals surface area contributed by atoms with Gasteiger partial charge in [0.25, 0.3) is 5.91 Å². The van der Waals surface area contributed by atoms with Crippen molar-refractivity contribution in [2.75, 3.05) is 17.7 Å². The molecule has 1 heterocycles. The Morgan fingerprint density at radius 1 is 0.906 bits per heavy atom. The lowest BCUT2D eigenvalue weighted by Gasteiger charge is -2.09. The Kier molecular flexibility index (Phi) is 5.98. The fourth-order valence-electron chi connectivity index (χ4n) is 3.21. The largest absolute Gasteiger partial charge is 0.497 e. The number of benzene rings is 3. The van der Waals surface area contributed by atoms with Gasteiger partial charge in [0.2, 0.25) is 11.8 Å². The first-order valence-corrected chi connectivity index (χ1v) is 9.92. The topological polar surface area (TPSA) is 93.5 Å². The minimum absolute atomic E-state index is 0.157. The molecule has 0 spiro atoms. The lowest BCUT2D eigenvalue weighted by atomic mass is 10.1. The van der Waals surface area contributed by atoms with Gasteiger partial charge in [0.05, 0.1) is 18.9 Å². The predicted octanol–water partition coefficient (Wildman–Crippen LogP) is 5.23. The number of ether oxygens (including phenoxy) is 1. The van der Waals surface area contributed by atoms with E-state index in [1.807, 2.05) is 30.3 Å². The van der Waals surface area contributed by atoms with Gasteiger partial charge in [0, 0.05) is 29.4 Å². The van der Waals surface area contributed by atoms with Crippen molar-refractivity contribution in [3.8, 4) is 28.5 Å². The first-order chi connectivity index (χ1) is 15.5. The van der Waals surface area contributed by atoms with Gasteiger partial charge in [0.15, 0.2) is 5.76 Å². The Morgan fingerprint density at radius 3 is 2.34 bits per heavy atom. The van der Waals surface area contributed by atoms with E-state index in [1.165, 1.54) is 6.92 Å². The Balaban J connectivity index is 1.57. The van der Waals surface area contributed by atoms with Gasteiger partial charge in [0.1, 0.15) is 5.75 Å². The van der Waals surface area contributed by atoms with Crippen LogP contribution in [-0.2, 0) is 4.79 Å². The highest BCUT2D eigenvalue weighted by molar-refractivity contribution is 6.08. The normalized spacial score (nSPS) is 10.4. The Bertz CT molecular complexity index is 1260. The summed E-state index contributed by atoms with van der Waals surface area (Å²) in [6.45, 7) is 1.44. The van der Waals surface area contributed by atoms with E-state index in [2.05, 4.69) is 15.6 Å². The van der Waals surface area contributed by atoms with Crippen LogP contribution in [0.1, 0.15) is 17.3 Å². The number of anilines is 2. The minimum Gasteiger partial charge on any atom is -0.497 e. The van der Waals surface area contributed by atoms with Crippen molar-refractivity contribution < 1.29 is 18.7 Å². The average molecular weight is 427 g/mol. The molecule has 2 N–H and O–H groups in total. The molecule has 0 bridgehead atoms. The molecule has 0 fully saturated rings. The fraction of sp³-hybridized carbons (Fsp3) is 0.0800. The van der Waals surface area contributed by atoms with Gasteiger partial charge in [-0.05, 0) is 48.5 Å². The van der Waals surface area contributed by atoms with Crippen LogP contribution < -0.4 is 15.4 Å². The molecular weight excluding hydrogens is 406 g/mol. The summed E-state index contributed by atoms with van der Waals surface area (Å²) in [5, 5.41) is 5.56. The van der Waals surface area contributed by atoms with Crippen molar-refractivity contribution in [3.05, 3.63) is 84.6 Å². The number of amides is 2. The third kappa shape index (κ3) is 4.67. The summed E-state index contributed by atoms with van der Waals surface area (Å²) in [7, 11) is 1.60. The molecule has 7 heteroatoms. The summed E-state index contributed by atoms with van der Waals surface area (Å²) in [6, 6.07) is 21.5. The first-order valence-electron chi connectivity index (χ1n) is 9.92. The van der Waals surface area contributed by atoms with Crippen molar-refractivity contribution in [2.24, 2.45) is 0 Å². The fourth-order valence-corrected chi connectivity index (χ4v) is 3.21. The predicted molar refractivity (Wildman–Crippen MR) is 123 cm³/mol. The molecule has 160 valence electrons. The van der Waals surface area contributed by atoms with Crippen LogP contribution in [-0.4, -0.2) is 23.9 Å². The van der Waals surface area contributed by atoms with Crippen LogP contribution in [0.25, 0.3) is 22.8 Å². The summed E-state index contributed by atoms with van der Waals surface area (Å²) < 4.78 is 11.2. The van der Waals surface area contributed by atoms with Crippen LogP contribution in [0.4, 0.5) is 11.4 Å². The number of methoxy groups -OCH3 is 1. The van der Waals surface area contributed by atoms with Crippen LogP contribution >= 0.6 is 0 Å². The smallest absolute Gasteiger partial charge is 0.256 e. The standard InChI is InChI=1S/C25H21N3O4/c1-16(29)27-18-10-12-19(13-11-18)28-24(30)21-8-3-4-9-22(21)25-26-15-23(32-25)17-6-5-7-20(14-17)31-2/h3-15H,1-2H3,(H,27,29)(H,28,30). The third-order valence-electron chi connectivity index (χ3n) is 4.73. The molecule has 32 heavy (non-hydrogen) atoms. The highest BCUT2D eigenvalue weighted by Crippen LogP contribution is 2.30. The van der Waals surface area contributed by atoms with Crippen molar-refractivity contribution in [2.45, 2.75) is 6.92 Å². The molecule has 3 aromatic carbocycles. The van der Waals surface area contributed by atoms with Crippen LogP contribution in [0.2, 0.25) is 0 Å². The summed E-state index contributed by atoms with van der Waals surface area (Å²) in [5.74, 6) is 1.17. The molecule has 0 saturated heterocycles. The average Bonchev–Trinajstić information content (AvgIpc) is 3.30. The second-order valence-electron chi connectivity index (χ2n) is 7.02. The van der Waals surface area contributed by atoms with Crippen molar-refractivity contribution in [1.29, 1.82) is 0 Å². The van der Waals surface area contributed by atoms with E-state index in [9.17, 15) is 9.59 Å². The van der Waals surface area contributed by atoms with Crippen molar-refractivity contribution in [1.82, 2.24) is 4.98 Å². The molecule has 1 aromatic heterocycles. The molecule has 7 nitrogen and oxygen atoms in total. The number of carbonyl (C=O) groups excluding carboxylic acids is 2. The second kappa shape index (κ2) is 9.18. The number of rotatable bonds is 6. The van der Waals surface area contributed by atoms with Crippen LogP contribution in [0.15, 0.2) is 83.4 Å². The highest BCUT2D eigenvalue weighted by atomic mass is 16.5. The zero-order chi connectivity index (χ0) is 22.5. The molecule has 2 amide bonds. The van der Waals surface area contributed by atoms with Crippen molar-refractivity contribution in [3.63, 3.8) is 0 Å². The van der Waals surface area contributed by atoms with E-state index in [0.29, 0.717) is 39.9 Å². The minimum atomic E-state index is -0.297. The maximum atomic E-state index is 13.0. The molecule has 0 saturated carbocycles. The first kappa shape index (κ1) is 20.9. The summed E-state index contributed by atoms with van der Waals surface area (Å²) in [5.41, 5.74) is 3.08. The van der Waals surface area contributed by atoms with Gasteiger partial charge in [-0.1, -0.05) is 24.3 Å². The zero-order valence-corrected chi connectivity index (χ0v) is 17.6. The third-order valence-corrected chi connectivity index (χ3v) is 4.73. The maximum absolute atomic E-state index is 13.0. The monoisotopic (exact) mass is 427 g/mol. The van der Waals surface area contributed by atoms with Gasteiger partial charge in [-0.15, -0.1) is 0 Å². The molecule has 4 rings (SSSR count). The summed E-state index contributed by atoms with van der Waals surface area (Å²) in [4.78, 5) is 28.5. The SMILES string of the molecule is COc1cccc(-c2cnc(-c3ccccc3C(=O)Nc3ccc(NC(C)=O)cc3)o2)c1. The molecule has 0 aliphatic carbocycles. The molecule has 0 aliphatic heterocycles. The van der Waals surface area contributed by atoms with E-state index in [4.69, 9.17) is 9.15 Å². The molecule has 0 unspecified atom stereocenters. The maximum Gasteiger partial charge on any atom is 0.256 e. The van der Waals surface area contributed by atoms with Crippen molar-refractivity contribution >= 4 is 23.2 Å².